The van der Waals surface area contributed by atoms with E-state index in [4.69, 9.17) is 5.73 Å². The van der Waals surface area contributed by atoms with Crippen molar-refractivity contribution in [3.05, 3.63) is 33.9 Å². The van der Waals surface area contributed by atoms with Crippen LogP contribution in [0.3, 0.4) is 0 Å². The molecule has 0 radical (unpaired) electrons. The van der Waals surface area contributed by atoms with Gasteiger partial charge in [0.2, 0.25) is 0 Å². The predicted octanol–water partition coefficient (Wildman–Crippen LogP) is 3.68. The second kappa shape index (κ2) is 5.46. The van der Waals surface area contributed by atoms with Crippen LogP contribution in [-0.4, -0.2) is 5.78 Å². The second-order valence-corrected chi connectivity index (χ2v) is 6.08. The Bertz CT molecular complexity index is 468. The maximum atomic E-state index is 11.4. The predicted molar refractivity (Wildman–Crippen MR) is 79.3 cm³/mol. The van der Waals surface area contributed by atoms with Crippen molar-refractivity contribution in [2.45, 2.75) is 59.4 Å². The van der Waals surface area contributed by atoms with Gasteiger partial charge in [-0.3, -0.25) is 4.79 Å². The van der Waals surface area contributed by atoms with Crippen LogP contribution in [-0.2, 0) is 4.79 Å². The van der Waals surface area contributed by atoms with Crippen LogP contribution >= 0.6 is 0 Å². The minimum absolute atomic E-state index is 0.0756. The van der Waals surface area contributed by atoms with Gasteiger partial charge in [0.25, 0.3) is 0 Å². The lowest BCUT2D eigenvalue weighted by Gasteiger charge is -2.30. The van der Waals surface area contributed by atoms with E-state index < -0.39 is 0 Å². The topological polar surface area (TPSA) is 43.1 Å². The zero-order valence-corrected chi connectivity index (χ0v) is 12.5. The number of ketones is 1. The van der Waals surface area contributed by atoms with Gasteiger partial charge in [-0.05, 0) is 74.3 Å². The highest BCUT2D eigenvalue weighted by molar-refractivity contribution is 5.79. The van der Waals surface area contributed by atoms with E-state index in [-0.39, 0.29) is 6.04 Å². The van der Waals surface area contributed by atoms with Crippen molar-refractivity contribution < 1.29 is 4.79 Å². The number of benzene rings is 1. The number of aryl methyl sites for hydroxylation is 2. The lowest BCUT2D eigenvalue weighted by atomic mass is 9.77. The fourth-order valence-electron chi connectivity index (χ4n) is 3.30. The molecule has 0 aromatic heterocycles. The zero-order chi connectivity index (χ0) is 14.2. The Morgan fingerprint density at radius 3 is 2.00 bits per heavy atom. The van der Waals surface area contributed by atoms with Gasteiger partial charge in [0.15, 0.2) is 0 Å². The molecule has 1 unspecified atom stereocenters. The number of hydrogen-bond donors (Lipinski definition) is 1. The third-order valence-electron chi connectivity index (χ3n) is 4.85. The summed E-state index contributed by atoms with van der Waals surface area (Å²) in [7, 11) is 0. The second-order valence-electron chi connectivity index (χ2n) is 6.08. The van der Waals surface area contributed by atoms with E-state index >= 15 is 0 Å². The molecule has 19 heavy (non-hydrogen) atoms. The van der Waals surface area contributed by atoms with Gasteiger partial charge in [0, 0.05) is 18.9 Å². The largest absolute Gasteiger partial charge is 0.324 e. The summed E-state index contributed by atoms with van der Waals surface area (Å²) < 4.78 is 0. The van der Waals surface area contributed by atoms with Crippen molar-refractivity contribution in [3.8, 4) is 0 Å². The van der Waals surface area contributed by atoms with E-state index in [9.17, 15) is 4.79 Å². The van der Waals surface area contributed by atoms with Gasteiger partial charge >= 0.3 is 0 Å². The van der Waals surface area contributed by atoms with Gasteiger partial charge in [0.1, 0.15) is 5.78 Å². The SMILES string of the molecule is Cc1cc(C)c(C)c(C(N)C2CCC(=O)CC2)c1C. The van der Waals surface area contributed by atoms with Gasteiger partial charge < -0.3 is 5.73 Å². The molecule has 2 rings (SSSR count). The molecule has 0 heterocycles. The molecule has 2 nitrogen and oxygen atoms in total. The average molecular weight is 259 g/mol. The van der Waals surface area contributed by atoms with E-state index in [1.54, 1.807) is 0 Å². The van der Waals surface area contributed by atoms with Crippen LogP contribution in [0.4, 0.5) is 0 Å². The first-order valence-electron chi connectivity index (χ1n) is 7.26. The van der Waals surface area contributed by atoms with Crippen molar-refractivity contribution in [3.63, 3.8) is 0 Å². The fourth-order valence-corrected chi connectivity index (χ4v) is 3.30. The number of hydrogen-bond acceptors (Lipinski definition) is 2. The number of carbonyl (C=O) groups excluding carboxylic acids is 1. The molecule has 2 heteroatoms. The van der Waals surface area contributed by atoms with Crippen LogP contribution in [0.1, 0.15) is 59.5 Å². The Morgan fingerprint density at radius 2 is 1.53 bits per heavy atom. The standard InChI is InChI=1S/C17H25NO/c1-10-9-11(2)13(4)16(12(10)3)17(18)14-5-7-15(19)8-6-14/h9,14,17H,5-8,18H2,1-4H3. The van der Waals surface area contributed by atoms with Crippen molar-refractivity contribution in [1.29, 1.82) is 0 Å². The van der Waals surface area contributed by atoms with Gasteiger partial charge in [-0.15, -0.1) is 0 Å². The molecule has 0 aliphatic heterocycles. The summed E-state index contributed by atoms with van der Waals surface area (Å²) in [5, 5.41) is 0. The number of rotatable bonds is 2. The summed E-state index contributed by atoms with van der Waals surface area (Å²) in [6.45, 7) is 8.65. The normalized spacial score (nSPS) is 18.7. The Morgan fingerprint density at radius 1 is 1.05 bits per heavy atom. The summed E-state index contributed by atoms with van der Waals surface area (Å²) >= 11 is 0. The monoisotopic (exact) mass is 259 g/mol. The van der Waals surface area contributed by atoms with Crippen LogP contribution in [0.25, 0.3) is 0 Å². The molecule has 0 saturated heterocycles. The van der Waals surface area contributed by atoms with Crippen molar-refractivity contribution in [2.75, 3.05) is 0 Å². The number of Topliss-reactive ketones (excluding diaryl/α,β-unsaturated/α-hetero) is 1. The van der Waals surface area contributed by atoms with Crippen molar-refractivity contribution >= 4 is 5.78 Å². The van der Waals surface area contributed by atoms with Gasteiger partial charge in [-0.2, -0.15) is 0 Å². The summed E-state index contributed by atoms with van der Waals surface area (Å²) in [6, 6.07) is 2.32. The molecule has 1 aliphatic rings. The first-order chi connectivity index (χ1) is 8.91. The number of carbonyl (C=O) groups is 1. The lowest BCUT2D eigenvalue weighted by molar-refractivity contribution is -0.121. The Kier molecular flexibility index (Phi) is 4.10. The molecule has 104 valence electrons. The highest BCUT2D eigenvalue weighted by Crippen LogP contribution is 2.36. The molecular formula is C17H25NO. The highest BCUT2D eigenvalue weighted by atomic mass is 16.1. The summed E-state index contributed by atoms with van der Waals surface area (Å²) in [5.74, 6) is 0.855. The van der Waals surface area contributed by atoms with Crippen LogP contribution in [0.5, 0.6) is 0 Å². The minimum Gasteiger partial charge on any atom is -0.324 e. The van der Waals surface area contributed by atoms with Crippen LogP contribution in [0.2, 0.25) is 0 Å². The van der Waals surface area contributed by atoms with Crippen LogP contribution < -0.4 is 5.73 Å². The average Bonchev–Trinajstić information content (AvgIpc) is 2.37. The van der Waals surface area contributed by atoms with Gasteiger partial charge in [-0.1, -0.05) is 6.07 Å². The minimum atomic E-state index is 0.0756. The molecule has 2 N–H and O–H groups in total. The molecule has 1 aromatic carbocycles. The molecule has 1 saturated carbocycles. The Balaban J connectivity index is 2.33. The third-order valence-corrected chi connectivity index (χ3v) is 4.85. The molecule has 1 atom stereocenters. The molecule has 0 spiro atoms. The maximum absolute atomic E-state index is 11.4. The first-order valence-corrected chi connectivity index (χ1v) is 7.26. The molecule has 0 bridgehead atoms. The quantitative estimate of drug-likeness (QED) is 0.880. The Hall–Kier alpha value is -1.15. The third kappa shape index (κ3) is 2.74. The first kappa shape index (κ1) is 14.3. The number of nitrogens with two attached hydrogens (primary N) is 1. The summed E-state index contributed by atoms with van der Waals surface area (Å²) in [5.41, 5.74) is 13.2. The molecule has 1 aliphatic carbocycles. The van der Waals surface area contributed by atoms with E-state index in [1.165, 1.54) is 27.8 Å². The van der Waals surface area contributed by atoms with Crippen LogP contribution in [0, 0.1) is 33.6 Å². The van der Waals surface area contributed by atoms with Gasteiger partial charge in [-0.25, -0.2) is 0 Å². The molecule has 1 aromatic rings. The lowest BCUT2D eigenvalue weighted by Crippen LogP contribution is -2.27. The zero-order valence-electron chi connectivity index (χ0n) is 12.5. The maximum Gasteiger partial charge on any atom is 0.132 e. The Labute approximate surface area is 116 Å². The smallest absolute Gasteiger partial charge is 0.132 e. The summed E-state index contributed by atoms with van der Waals surface area (Å²) in [6.07, 6.45) is 3.32. The van der Waals surface area contributed by atoms with E-state index in [0.29, 0.717) is 24.5 Å². The highest BCUT2D eigenvalue weighted by Gasteiger charge is 2.27. The van der Waals surface area contributed by atoms with E-state index in [1.807, 2.05) is 0 Å². The van der Waals surface area contributed by atoms with Crippen molar-refractivity contribution in [2.24, 2.45) is 11.7 Å². The van der Waals surface area contributed by atoms with Gasteiger partial charge in [0.05, 0.1) is 0 Å². The molecule has 0 amide bonds. The van der Waals surface area contributed by atoms with Crippen LogP contribution in [0.15, 0.2) is 6.07 Å². The molecular weight excluding hydrogens is 234 g/mol. The van der Waals surface area contributed by atoms with E-state index in [2.05, 4.69) is 33.8 Å². The summed E-state index contributed by atoms with van der Waals surface area (Å²) in [4.78, 5) is 11.4. The van der Waals surface area contributed by atoms with Crippen molar-refractivity contribution in [1.82, 2.24) is 0 Å². The molecule has 1 fully saturated rings. The fraction of sp³-hybridized carbons (Fsp3) is 0.588. The van der Waals surface area contributed by atoms with E-state index in [0.717, 1.165) is 12.8 Å².